The van der Waals surface area contributed by atoms with Gasteiger partial charge in [-0.2, -0.15) is 0 Å². The van der Waals surface area contributed by atoms with Crippen LogP contribution in [0.3, 0.4) is 0 Å². The lowest BCUT2D eigenvalue weighted by Gasteiger charge is -2.31. The summed E-state index contributed by atoms with van der Waals surface area (Å²) in [6.45, 7) is 3.65. The molecule has 0 aliphatic carbocycles. The van der Waals surface area contributed by atoms with Crippen molar-refractivity contribution in [2.45, 2.75) is 45.2 Å². The zero-order valence-electron chi connectivity index (χ0n) is 16.4. The standard InChI is InChI=1S/C21H27FN2O3S/c1-4-20(24(28(3,26)27)19-14-12-18(22)13-15-19)21(25)23-16(2)10-11-17-8-6-5-7-9-17/h5-9,12-16,20H,4,10-11H2,1-3H3,(H,23,25)/t16-,20-/m0/s1. The summed E-state index contributed by atoms with van der Waals surface area (Å²) in [7, 11) is -3.73. The topological polar surface area (TPSA) is 66.5 Å². The van der Waals surface area contributed by atoms with Crippen LogP contribution in [0.25, 0.3) is 0 Å². The first-order valence-electron chi connectivity index (χ1n) is 9.31. The Labute approximate surface area is 166 Å². The molecule has 0 saturated carbocycles. The molecule has 28 heavy (non-hydrogen) atoms. The molecule has 0 unspecified atom stereocenters. The smallest absolute Gasteiger partial charge is 0.244 e. The summed E-state index contributed by atoms with van der Waals surface area (Å²) in [5.41, 5.74) is 1.45. The van der Waals surface area contributed by atoms with Crippen LogP contribution in [0.4, 0.5) is 10.1 Å². The van der Waals surface area contributed by atoms with Gasteiger partial charge in [-0.25, -0.2) is 12.8 Å². The monoisotopic (exact) mass is 406 g/mol. The van der Waals surface area contributed by atoms with E-state index in [-0.39, 0.29) is 17.6 Å². The van der Waals surface area contributed by atoms with E-state index in [0.29, 0.717) is 6.42 Å². The van der Waals surface area contributed by atoms with Crippen LogP contribution < -0.4 is 9.62 Å². The van der Waals surface area contributed by atoms with E-state index >= 15 is 0 Å². The average molecular weight is 407 g/mol. The Bertz CT molecular complexity index is 870. The lowest BCUT2D eigenvalue weighted by atomic mass is 10.1. The van der Waals surface area contributed by atoms with Gasteiger partial charge in [0.25, 0.3) is 0 Å². The molecule has 0 radical (unpaired) electrons. The van der Waals surface area contributed by atoms with Gasteiger partial charge in [-0.1, -0.05) is 37.3 Å². The molecule has 0 aliphatic rings. The zero-order chi connectivity index (χ0) is 20.7. The zero-order valence-corrected chi connectivity index (χ0v) is 17.2. The Balaban J connectivity index is 2.11. The number of halogens is 1. The molecule has 2 atom stereocenters. The van der Waals surface area contributed by atoms with Crippen molar-refractivity contribution in [3.05, 3.63) is 66.0 Å². The molecule has 1 amide bonds. The summed E-state index contributed by atoms with van der Waals surface area (Å²) in [4.78, 5) is 12.8. The molecule has 0 spiro atoms. The van der Waals surface area contributed by atoms with Gasteiger partial charge >= 0.3 is 0 Å². The number of sulfonamides is 1. The third kappa shape index (κ3) is 6.05. The Hall–Kier alpha value is -2.41. The number of nitrogens with one attached hydrogen (secondary N) is 1. The average Bonchev–Trinajstić information content (AvgIpc) is 2.65. The van der Waals surface area contributed by atoms with Gasteiger partial charge in [-0.05, 0) is 56.0 Å². The number of hydrogen-bond donors (Lipinski definition) is 1. The van der Waals surface area contributed by atoms with E-state index < -0.39 is 21.9 Å². The van der Waals surface area contributed by atoms with Crippen LogP contribution in [0.15, 0.2) is 54.6 Å². The number of nitrogens with zero attached hydrogens (tertiary/aromatic N) is 1. The largest absolute Gasteiger partial charge is 0.352 e. The van der Waals surface area contributed by atoms with Crippen molar-refractivity contribution in [1.29, 1.82) is 0 Å². The number of carbonyl (C=O) groups excluding carboxylic acids is 1. The first kappa shape index (κ1) is 21.9. The molecule has 152 valence electrons. The summed E-state index contributed by atoms with van der Waals surface area (Å²) < 4.78 is 39.0. The summed E-state index contributed by atoms with van der Waals surface area (Å²) in [6, 6.07) is 14.0. The van der Waals surface area contributed by atoms with Crippen LogP contribution in [0.5, 0.6) is 0 Å². The number of amides is 1. The van der Waals surface area contributed by atoms with E-state index in [1.54, 1.807) is 6.92 Å². The minimum absolute atomic E-state index is 0.114. The number of rotatable bonds is 9. The second-order valence-corrected chi connectivity index (χ2v) is 8.75. The molecule has 0 heterocycles. The molecule has 7 heteroatoms. The summed E-state index contributed by atoms with van der Waals surface area (Å²) in [5, 5.41) is 2.92. The second kappa shape index (κ2) is 9.68. The van der Waals surface area contributed by atoms with Gasteiger partial charge in [-0.3, -0.25) is 9.10 Å². The van der Waals surface area contributed by atoms with Crippen molar-refractivity contribution < 1.29 is 17.6 Å². The Kier molecular flexibility index (Phi) is 7.57. The van der Waals surface area contributed by atoms with E-state index in [9.17, 15) is 17.6 Å². The highest BCUT2D eigenvalue weighted by Gasteiger charge is 2.31. The number of hydrogen-bond acceptors (Lipinski definition) is 3. The van der Waals surface area contributed by atoms with Gasteiger partial charge in [0.05, 0.1) is 11.9 Å². The minimum Gasteiger partial charge on any atom is -0.352 e. The van der Waals surface area contributed by atoms with Crippen molar-refractivity contribution >= 4 is 21.6 Å². The second-order valence-electron chi connectivity index (χ2n) is 6.89. The number of aryl methyl sites for hydroxylation is 1. The Morgan fingerprint density at radius 2 is 1.71 bits per heavy atom. The molecular formula is C21H27FN2O3S. The Morgan fingerprint density at radius 3 is 2.25 bits per heavy atom. The summed E-state index contributed by atoms with van der Waals surface area (Å²) >= 11 is 0. The molecule has 0 aromatic heterocycles. The van der Waals surface area contributed by atoms with Gasteiger partial charge in [0, 0.05) is 6.04 Å². The molecular weight excluding hydrogens is 379 g/mol. The molecule has 5 nitrogen and oxygen atoms in total. The first-order chi connectivity index (χ1) is 13.2. The summed E-state index contributed by atoms with van der Waals surface area (Å²) in [6.07, 6.45) is 2.89. The normalized spacial score (nSPS) is 13.6. The SMILES string of the molecule is CC[C@@H](C(=O)N[C@@H](C)CCc1ccccc1)N(c1ccc(F)cc1)S(C)(=O)=O. The third-order valence-electron chi connectivity index (χ3n) is 4.51. The van der Waals surface area contributed by atoms with Crippen molar-refractivity contribution in [2.75, 3.05) is 10.6 Å². The lowest BCUT2D eigenvalue weighted by Crippen LogP contribution is -2.51. The summed E-state index contributed by atoms with van der Waals surface area (Å²) in [5.74, 6) is -0.831. The van der Waals surface area contributed by atoms with Gasteiger partial charge in [0.15, 0.2) is 0 Å². The quantitative estimate of drug-likeness (QED) is 0.693. The van der Waals surface area contributed by atoms with Gasteiger partial charge in [0.1, 0.15) is 11.9 Å². The van der Waals surface area contributed by atoms with E-state index in [2.05, 4.69) is 5.32 Å². The predicted molar refractivity (Wildman–Crippen MR) is 110 cm³/mol. The molecule has 2 aromatic carbocycles. The van der Waals surface area contributed by atoms with Gasteiger partial charge in [-0.15, -0.1) is 0 Å². The minimum atomic E-state index is -3.73. The fourth-order valence-electron chi connectivity index (χ4n) is 3.09. The van der Waals surface area contributed by atoms with Crippen LogP contribution in [0.2, 0.25) is 0 Å². The van der Waals surface area contributed by atoms with Crippen LogP contribution >= 0.6 is 0 Å². The molecule has 0 saturated heterocycles. The molecule has 0 bridgehead atoms. The fraction of sp³-hybridized carbons (Fsp3) is 0.381. The fourth-order valence-corrected chi connectivity index (χ4v) is 4.30. The van der Waals surface area contributed by atoms with E-state index in [1.807, 2.05) is 37.3 Å². The number of carbonyl (C=O) groups is 1. The van der Waals surface area contributed by atoms with Crippen LogP contribution in [0.1, 0.15) is 32.3 Å². The highest BCUT2D eigenvalue weighted by molar-refractivity contribution is 7.92. The molecule has 0 aliphatic heterocycles. The third-order valence-corrected chi connectivity index (χ3v) is 5.69. The first-order valence-corrected chi connectivity index (χ1v) is 11.2. The highest BCUT2D eigenvalue weighted by atomic mass is 32.2. The molecule has 2 aromatic rings. The van der Waals surface area contributed by atoms with E-state index in [4.69, 9.17) is 0 Å². The van der Waals surface area contributed by atoms with Crippen molar-refractivity contribution in [2.24, 2.45) is 0 Å². The van der Waals surface area contributed by atoms with Crippen molar-refractivity contribution in [3.63, 3.8) is 0 Å². The van der Waals surface area contributed by atoms with Crippen molar-refractivity contribution in [3.8, 4) is 0 Å². The van der Waals surface area contributed by atoms with E-state index in [0.717, 1.165) is 23.4 Å². The molecule has 0 fully saturated rings. The maximum absolute atomic E-state index is 13.2. The van der Waals surface area contributed by atoms with Crippen LogP contribution in [0, 0.1) is 5.82 Å². The Morgan fingerprint density at radius 1 is 1.11 bits per heavy atom. The highest BCUT2D eigenvalue weighted by Crippen LogP contribution is 2.23. The predicted octanol–water partition coefficient (Wildman–Crippen LogP) is 3.51. The van der Waals surface area contributed by atoms with Gasteiger partial charge in [0.2, 0.25) is 15.9 Å². The molecule has 1 N–H and O–H groups in total. The van der Waals surface area contributed by atoms with Gasteiger partial charge < -0.3 is 5.32 Å². The van der Waals surface area contributed by atoms with Crippen LogP contribution in [-0.2, 0) is 21.2 Å². The maximum Gasteiger partial charge on any atom is 0.244 e. The number of benzene rings is 2. The lowest BCUT2D eigenvalue weighted by molar-refractivity contribution is -0.122. The van der Waals surface area contributed by atoms with E-state index in [1.165, 1.54) is 29.8 Å². The van der Waals surface area contributed by atoms with Crippen molar-refractivity contribution in [1.82, 2.24) is 5.32 Å². The number of anilines is 1. The maximum atomic E-state index is 13.2. The molecule has 2 rings (SSSR count). The van der Waals surface area contributed by atoms with Crippen LogP contribution in [-0.4, -0.2) is 32.7 Å².